The molecule has 1 atom stereocenters. The minimum Gasteiger partial charge on any atom is -0.463 e. The molecule has 0 heterocycles. The molecule has 1 unspecified atom stereocenters. The third kappa shape index (κ3) is 11.5. The van der Waals surface area contributed by atoms with Crippen molar-refractivity contribution in [2.24, 2.45) is 0 Å². The molecule has 3 heteroatoms. The summed E-state index contributed by atoms with van der Waals surface area (Å²) in [5.74, 6) is -0.165. The SMILES string of the molecule is CCCOC(C)COC(=O)CC.Cc1ccccc1. The largest absolute Gasteiger partial charge is 0.463 e. The maximum atomic E-state index is 10.7. The van der Waals surface area contributed by atoms with E-state index < -0.39 is 0 Å². The average Bonchev–Trinajstić information content (AvgIpc) is 2.44. The Morgan fingerprint density at radius 3 is 2.26 bits per heavy atom. The molecular weight excluding hydrogens is 240 g/mol. The third-order valence-corrected chi connectivity index (χ3v) is 2.31. The third-order valence-electron chi connectivity index (χ3n) is 2.31. The number of benzene rings is 1. The summed E-state index contributed by atoms with van der Waals surface area (Å²) in [4.78, 5) is 10.7. The summed E-state index contributed by atoms with van der Waals surface area (Å²) in [6.45, 7) is 8.90. The minimum absolute atomic E-state index is 0.0143. The van der Waals surface area contributed by atoms with E-state index in [9.17, 15) is 4.79 Å². The number of rotatable bonds is 6. The van der Waals surface area contributed by atoms with E-state index in [2.05, 4.69) is 19.1 Å². The van der Waals surface area contributed by atoms with E-state index >= 15 is 0 Å². The Morgan fingerprint density at radius 2 is 1.84 bits per heavy atom. The highest BCUT2D eigenvalue weighted by molar-refractivity contribution is 5.68. The van der Waals surface area contributed by atoms with Crippen molar-refractivity contribution in [2.75, 3.05) is 13.2 Å². The van der Waals surface area contributed by atoms with Gasteiger partial charge in [-0.05, 0) is 20.3 Å². The second-order valence-electron chi connectivity index (χ2n) is 4.37. The van der Waals surface area contributed by atoms with E-state index in [4.69, 9.17) is 9.47 Å². The topological polar surface area (TPSA) is 35.5 Å². The van der Waals surface area contributed by atoms with E-state index in [1.54, 1.807) is 6.92 Å². The summed E-state index contributed by atoms with van der Waals surface area (Å²) in [6.07, 6.45) is 1.44. The molecule has 1 aromatic carbocycles. The highest BCUT2D eigenvalue weighted by Gasteiger charge is 2.04. The molecule has 0 spiro atoms. The molecule has 1 rings (SSSR count). The number of ether oxygens (including phenoxy) is 2. The first-order valence-electron chi connectivity index (χ1n) is 6.89. The van der Waals surface area contributed by atoms with Crippen LogP contribution in [-0.4, -0.2) is 25.3 Å². The Hall–Kier alpha value is -1.35. The van der Waals surface area contributed by atoms with Crippen LogP contribution in [0.4, 0.5) is 0 Å². The van der Waals surface area contributed by atoms with Crippen molar-refractivity contribution < 1.29 is 14.3 Å². The molecule has 0 aliphatic rings. The Bertz CT molecular complexity index is 322. The van der Waals surface area contributed by atoms with Gasteiger partial charge in [0, 0.05) is 13.0 Å². The van der Waals surface area contributed by atoms with Crippen molar-refractivity contribution in [2.45, 2.75) is 46.6 Å². The Kier molecular flexibility index (Phi) is 10.9. The fraction of sp³-hybridized carbons (Fsp3) is 0.562. The van der Waals surface area contributed by atoms with Gasteiger partial charge < -0.3 is 9.47 Å². The van der Waals surface area contributed by atoms with Crippen LogP contribution in [0.3, 0.4) is 0 Å². The zero-order valence-corrected chi connectivity index (χ0v) is 12.5. The molecule has 0 aliphatic carbocycles. The monoisotopic (exact) mass is 266 g/mol. The average molecular weight is 266 g/mol. The Morgan fingerprint density at radius 1 is 1.21 bits per heavy atom. The molecule has 0 aliphatic heterocycles. The zero-order chi connectivity index (χ0) is 14.5. The van der Waals surface area contributed by atoms with Crippen LogP contribution in [0.5, 0.6) is 0 Å². The number of hydrogen-bond acceptors (Lipinski definition) is 3. The summed E-state index contributed by atoms with van der Waals surface area (Å²) in [5, 5.41) is 0. The predicted octanol–water partition coefficient (Wildman–Crippen LogP) is 3.75. The lowest BCUT2D eigenvalue weighted by Crippen LogP contribution is -2.18. The fourth-order valence-electron chi connectivity index (χ4n) is 1.21. The summed E-state index contributed by atoms with van der Waals surface area (Å²) in [6, 6.07) is 10.3. The molecule has 0 bridgehead atoms. The minimum atomic E-state index is -0.165. The van der Waals surface area contributed by atoms with Crippen molar-refractivity contribution in [1.82, 2.24) is 0 Å². The van der Waals surface area contributed by atoms with Crippen LogP contribution in [0, 0.1) is 6.92 Å². The van der Waals surface area contributed by atoms with Gasteiger partial charge in [-0.3, -0.25) is 4.79 Å². The molecule has 0 aromatic heterocycles. The van der Waals surface area contributed by atoms with Crippen LogP contribution in [0.25, 0.3) is 0 Å². The molecule has 0 saturated heterocycles. The fourth-order valence-corrected chi connectivity index (χ4v) is 1.21. The van der Waals surface area contributed by atoms with Crippen LogP contribution in [0.1, 0.15) is 39.2 Å². The number of aryl methyl sites for hydroxylation is 1. The van der Waals surface area contributed by atoms with Crippen LogP contribution in [0.2, 0.25) is 0 Å². The van der Waals surface area contributed by atoms with E-state index in [0.29, 0.717) is 13.0 Å². The van der Waals surface area contributed by atoms with Gasteiger partial charge >= 0.3 is 5.97 Å². The van der Waals surface area contributed by atoms with E-state index in [0.717, 1.165) is 13.0 Å². The van der Waals surface area contributed by atoms with Crippen molar-refractivity contribution in [3.63, 3.8) is 0 Å². The van der Waals surface area contributed by atoms with Gasteiger partial charge in [-0.2, -0.15) is 0 Å². The normalized spacial score (nSPS) is 11.2. The number of hydrogen-bond donors (Lipinski definition) is 0. The molecule has 108 valence electrons. The maximum Gasteiger partial charge on any atom is 0.305 e. The smallest absolute Gasteiger partial charge is 0.305 e. The lowest BCUT2D eigenvalue weighted by atomic mass is 10.2. The van der Waals surface area contributed by atoms with Crippen LogP contribution in [0.15, 0.2) is 30.3 Å². The van der Waals surface area contributed by atoms with E-state index in [1.165, 1.54) is 5.56 Å². The summed E-state index contributed by atoms with van der Waals surface area (Å²) >= 11 is 0. The first-order chi connectivity index (χ1) is 9.10. The van der Waals surface area contributed by atoms with Gasteiger partial charge in [0.25, 0.3) is 0 Å². The van der Waals surface area contributed by atoms with Gasteiger partial charge in [-0.1, -0.05) is 49.7 Å². The lowest BCUT2D eigenvalue weighted by molar-refractivity contribution is -0.147. The van der Waals surface area contributed by atoms with Crippen molar-refractivity contribution >= 4 is 5.97 Å². The second-order valence-corrected chi connectivity index (χ2v) is 4.37. The molecule has 19 heavy (non-hydrogen) atoms. The van der Waals surface area contributed by atoms with Gasteiger partial charge in [-0.15, -0.1) is 0 Å². The Labute approximate surface area is 116 Å². The molecule has 1 aromatic rings. The van der Waals surface area contributed by atoms with E-state index in [1.807, 2.05) is 32.0 Å². The van der Waals surface area contributed by atoms with Gasteiger partial charge in [0.2, 0.25) is 0 Å². The lowest BCUT2D eigenvalue weighted by Gasteiger charge is -2.11. The highest BCUT2D eigenvalue weighted by atomic mass is 16.6. The van der Waals surface area contributed by atoms with Crippen molar-refractivity contribution in [1.29, 1.82) is 0 Å². The quantitative estimate of drug-likeness (QED) is 0.736. The van der Waals surface area contributed by atoms with Gasteiger partial charge in [-0.25, -0.2) is 0 Å². The maximum absolute atomic E-state index is 10.7. The number of carbonyl (C=O) groups is 1. The predicted molar refractivity (Wildman–Crippen MR) is 78.1 cm³/mol. The van der Waals surface area contributed by atoms with Crippen LogP contribution < -0.4 is 0 Å². The molecule has 3 nitrogen and oxygen atoms in total. The van der Waals surface area contributed by atoms with Gasteiger partial charge in [0.15, 0.2) is 0 Å². The van der Waals surface area contributed by atoms with Crippen LogP contribution >= 0.6 is 0 Å². The van der Waals surface area contributed by atoms with Gasteiger partial charge in [0.05, 0.1) is 6.10 Å². The molecule has 0 fully saturated rings. The number of esters is 1. The Balaban J connectivity index is 0.000000388. The summed E-state index contributed by atoms with van der Waals surface area (Å²) in [5.41, 5.74) is 1.32. The molecule has 0 amide bonds. The first kappa shape index (κ1) is 17.6. The standard InChI is InChI=1S/C9H18O3.C7H8/c1-4-6-11-8(3)7-12-9(10)5-2;1-7-5-3-2-4-6-7/h8H,4-7H2,1-3H3;2-6H,1H3. The summed E-state index contributed by atoms with van der Waals surface area (Å²) in [7, 11) is 0. The molecule has 0 N–H and O–H groups in total. The van der Waals surface area contributed by atoms with Crippen LogP contribution in [-0.2, 0) is 14.3 Å². The zero-order valence-electron chi connectivity index (χ0n) is 12.5. The number of carbonyl (C=O) groups excluding carboxylic acids is 1. The molecule has 0 radical (unpaired) electrons. The van der Waals surface area contributed by atoms with Crippen molar-refractivity contribution in [3.8, 4) is 0 Å². The van der Waals surface area contributed by atoms with Crippen molar-refractivity contribution in [3.05, 3.63) is 35.9 Å². The first-order valence-corrected chi connectivity index (χ1v) is 6.89. The molecular formula is C16H26O3. The molecule has 0 saturated carbocycles. The van der Waals surface area contributed by atoms with Gasteiger partial charge in [0.1, 0.15) is 6.61 Å². The van der Waals surface area contributed by atoms with E-state index in [-0.39, 0.29) is 12.1 Å². The second kappa shape index (κ2) is 11.7. The highest BCUT2D eigenvalue weighted by Crippen LogP contribution is 1.95. The summed E-state index contributed by atoms with van der Waals surface area (Å²) < 4.78 is 10.2.